The van der Waals surface area contributed by atoms with Gasteiger partial charge >= 0.3 is 5.57 Å². The number of anilines is 2. The molecule has 3 aromatic rings. The van der Waals surface area contributed by atoms with Gasteiger partial charge < -0.3 is 15.0 Å². The van der Waals surface area contributed by atoms with Crippen molar-refractivity contribution in [3.8, 4) is 17.0 Å². The number of rotatable bonds is 6. The molecule has 0 spiro atoms. The number of hydrogen-bond acceptors (Lipinski definition) is 5. The molecular weight excluding hydrogens is 435 g/mol. The summed E-state index contributed by atoms with van der Waals surface area (Å²) in [6.45, 7) is 0.756. The van der Waals surface area contributed by atoms with E-state index in [2.05, 4.69) is 25.2 Å². The molecule has 1 atom stereocenters. The van der Waals surface area contributed by atoms with Gasteiger partial charge in [0.2, 0.25) is 0 Å². The maximum atomic E-state index is 13.7. The predicted molar refractivity (Wildman–Crippen MR) is 109 cm³/mol. The van der Waals surface area contributed by atoms with Crippen LogP contribution < -0.4 is 15.0 Å². The summed E-state index contributed by atoms with van der Waals surface area (Å²) in [5, 5.41) is 9.44. The third kappa shape index (κ3) is 5.08. The van der Waals surface area contributed by atoms with E-state index in [-0.39, 0.29) is 17.9 Å². The van der Waals surface area contributed by atoms with Crippen molar-refractivity contribution >= 4 is 29.0 Å². The van der Waals surface area contributed by atoms with Crippen molar-refractivity contribution in [2.45, 2.75) is 18.2 Å². The van der Waals surface area contributed by atoms with Gasteiger partial charge in [0.1, 0.15) is 17.7 Å². The Kier molecular flexibility index (Phi) is 5.73. The Morgan fingerprint density at radius 2 is 2.06 bits per heavy atom. The van der Waals surface area contributed by atoms with Crippen LogP contribution in [-0.4, -0.2) is 45.9 Å². The lowest BCUT2D eigenvalue weighted by molar-refractivity contribution is -0.0964. The number of halogens is 4. The highest BCUT2D eigenvalue weighted by atomic mass is 35.5. The summed E-state index contributed by atoms with van der Waals surface area (Å²) in [7, 11) is 0. The second-order valence-electron chi connectivity index (χ2n) is 6.92. The van der Waals surface area contributed by atoms with E-state index in [9.17, 15) is 18.0 Å². The lowest BCUT2D eigenvalue weighted by Gasteiger charge is -2.20. The smallest absolute Gasteiger partial charge is 0.420 e. The van der Waals surface area contributed by atoms with Crippen LogP contribution in [-0.2, 0) is 0 Å². The van der Waals surface area contributed by atoms with Crippen LogP contribution in [0.1, 0.15) is 16.8 Å². The Bertz CT molecular complexity index is 1060. The molecule has 1 aliphatic rings. The fraction of sp³-hybridized carbons (Fsp3) is 0.250. The zero-order valence-corrected chi connectivity index (χ0v) is 16.7. The van der Waals surface area contributed by atoms with E-state index in [1.807, 2.05) is 4.90 Å². The minimum atomic E-state index is -3.82. The summed E-state index contributed by atoms with van der Waals surface area (Å²) in [5.41, 5.74) is -1.94. The first kappa shape index (κ1) is 21.0. The summed E-state index contributed by atoms with van der Waals surface area (Å²) < 4.78 is 43.3. The highest BCUT2D eigenvalue weighted by Gasteiger charge is 2.28. The number of aromatic nitrogens is 3. The fourth-order valence-electron chi connectivity index (χ4n) is 3.29. The summed E-state index contributed by atoms with van der Waals surface area (Å²) in [6.07, 6.45) is 2.47. The van der Waals surface area contributed by atoms with E-state index in [0.29, 0.717) is 35.7 Å². The monoisotopic (exact) mass is 451 g/mol. The standard InChI is InChI=1S/C20H17ClF3N5O2/c21-20(23,24)31-15-3-1-14(2-4-15)27-19(30)12-9-16(17-5-7-26-28-17)18(25-10-12)29-8-6-13(22)11-29/h1-5,7,9-10,13H,6,8,11H2,(H,26,28)(H,27,30). The number of amides is 1. The SMILES string of the molecule is O=C(Nc1ccc(OC(F)(F)Cl)cc1)c1cnc(N2CCC(F)C2)c(-c2ccn[nH]2)c1. The summed E-state index contributed by atoms with van der Waals surface area (Å²) in [5.74, 6) is -0.0484. The van der Waals surface area contributed by atoms with Gasteiger partial charge in [0.25, 0.3) is 5.91 Å². The zero-order chi connectivity index (χ0) is 22.0. The molecule has 3 heterocycles. The molecule has 1 saturated heterocycles. The third-order valence-corrected chi connectivity index (χ3v) is 4.77. The Morgan fingerprint density at radius 1 is 1.29 bits per heavy atom. The van der Waals surface area contributed by atoms with Gasteiger partial charge in [-0.1, -0.05) is 0 Å². The number of carbonyl (C=O) groups is 1. The number of alkyl halides is 4. The van der Waals surface area contributed by atoms with Gasteiger partial charge in [0.05, 0.1) is 17.8 Å². The lowest BCUT2D eigenvalue weighted by Crippen LogP contribution is -2.22. The van der Waals surface area contributed by atoms with Gasteiger partial charge in [-0.3, -0.25) is 9.89 Å². The molecule has 0 radical (unpaired) electrons. The number of benzene rings is 1. The molecule has 1 aromatic carbocycles. The van der Waals surface area contributed by atoms with Gasteiger partial charge in [-0.25, -0.2) is 9.37 Å². The fourth-order valence-corrected chi connectivity index (χ4v) is 3.38. The largest absolute Gasteiger partial charge is 0.487 e. The topological polar surface area (TPSA) is 83.1 Å². The Morgan fingerprint density at radius 3 is 2.68 bits per heavy atom. The summed E-state index contributed by atoms with van der Waals surface area (Å²) >= 11 is 4.73. The second-order valence-corrected chi connectivity index (χ2v) is 7.36. The molecule has 11 heteroatoms. The van der Waals surface area contributed by atoms with E-state index in [4.69, 9.17) is 11.6 Å². The highest BCUT2D eigenvalue weighted by molar-refractivity contribution is 6.20. The van der Waals surface area contributed by atoms with Crippen molar-refractivity contribution in [3.63, 3.8) is 0 Å². The minimum absolute atomic E-state index is 0.151. The minimum Gasteiger partial charge on any atom is -0.420 e. The van der Waals surface area contributed by atoms with Crippen LogP contribution in [0.2, 0.25) is 0 Å². The van der Waals surface area contributed by atoms with Crippen LogP contribution in [0, 0.1) is 0 Å². The van der Waals surface area contributed by atoms with Gasteiger partial charge in [0, 0.05) is 41.8 Å². The van der Waals surface area contributed by atoms with Crippen LogP contribution in [0.5, 0.6) is 5.75 Å². The highest BCUT2D eigenvalue weighted by Crippen LogP contribution is 2.31. The number of hydrogen-bond donors (Lipinski definition) is 2. The molecule has 0 bridgehead atoms. The van der Waals surface area contributed by atoms with E-state index < -0.39 is 17.6 Å². The molecule has 1 amide bonds. The number of H-pyrrole nitrogens is 1. The van der Waals surface area contributed by atoms with Crippen LogP contribution in [0.4, 0.5) is 24.7 Å². The van der Waals surface area contributed by atoms with Crippen molar-refractivity contribution in [2.24, 2.45) is 0 Å². The Labute approximate surface area is 180 Å². The average molecular weight is 452 g/mol. The van der Waals surface area contributed by atoms with Crippen molar-refractivity contribution in [1.82, 2.24) is 15.2 Å². The number of ether oxygens (including phenoxy) is 1. The molecule has 1 unspecified atom stereocenters. The summed E-state index contributed by atoms with van der Waals surface area (Å²) in [4.78, 5) is 18.9. The number of carbonyl (C=O) groups excluding carboxylic acids is 1. The average Bonchev–Trinajstić information content (AvgIpc) is 3.40. The summed E-state index contributed by atoms with van der Waals surface area (Å²) in [6, 6.07) is 8.69. The van der Waals surface area contributed by atoms with Crippen molar-refractivity contribution in [2.75, 3.05) is 23.3 Å². The third-order valence-electron chi connectivity index (χ3n) is 4.70. The van der Waals surface area contributed by atoms with Crippen molar-refractivity contribution < 1.29 is 22.7 Å². The zero-order valence-electron chi connectivity index (χ0n) is 16.0. The lowest BCUT2D eigenvalue weighted by atomic mass is 10.1. The van der Waals surface area contributed by atoms with E-state index >= 15 is 0 Å². The number of pyridine rings is 1. The van der Waals surface area contributed by atoms with Crippen LogP contribution >= 0.6 is 11.6 Å². The first-order valence-corrected chi connectivity index (χ1v) is 9.72. The number of aromatic amines is 1. The second kappa shape index (κ2) is 8.46. The molecule has 0 aliphatic carbocycles. The molecule has 2 N–H and O–H groups in total. The molecular formula is C20H17ClF3N5O2. The molecule has 1 aliphatic heterocycles. The number of nitrogens with zero attached hydrogens (tertiary/aromatic N) is 3. The van der Waals surface area contributed by atoms with Crippen molar-refractivity contribution in [1.29, 1.82) is 0 Å². The van der Waals surface area contributed by atoms with Gasteiger partial charge in [0.15, 0.2) is 0 Å². The van der Waals surface area contributed by atoms with E-state index in [1.54, 1.807) is 18.3 Å². The number of nitrogens with one attached hydrogen (secondary N) is 2. The van der Waals surface area contributed by atoms with Gasteiger partial charge in [-0.05, 0) is 42.8 Å². The van der Waals surface area contributed by atoms with E-state index in [1.165, 1.54) is 30.5 Å². The van der Waals surface area contributed by atoms with Crippen LogP contribution in [0.15, 0.2) is 48.8 Å². The first-order chi connectivity index (χ1) is 14.8. The Balaban J connectivity index is 1.55. The normalized spacial score (nSPS) is 16.4. The molecule has 31 heavy (non-hydrogen) atoms. The molecule has 7 nitrogen and oxygen atoms in total. The van der Waals surface area contributed by atoms with Gasteiger partial charge in [-0.15, -0.1) is 8.78 Å². The predicted octanol–water partition coefficient (Wildman–Crippen LogP) is 4.44. The first-order valence-electron chi connectivity index (χ1n) is 9.34. The maximum absolute atomic E-state index is 13.7. The molecule has 2 aromatic heterocycles. The Hall–Kier alpha value is -3.27. The molecule has 162 valence electrons. The quantitative estimate of drug-likeness (QED) is 0.541. The van der Waals surface area contributed by atoms with Crippen LogP contribution in [0.25, 0.3) is 11.3 Å². The molecule has 1 fully saturated rings. The maximum Gasteiger partial charge on any atom is 0.487 e. The van der Waals surface area contributed by atoms with Gasteiger partial charge in [-0.2, -0.15) is 5.10 Å². The van der Waals surface area contributed by atoms with Crippen LogP contribution in [0.3, 0.4) is 0 Å². The molecule has 0 saturated carbocycles. The van der Waals surface area contributed by atoms with E-state index in [0.717, 1.165) is 0 Å². The van der Waals surface area contributed by atoms with Crippen molar-refractivity contribution in [3.05, 3.63) is 54.4 Å². The molecule has 4 rings (SSSR count).